The fourth-order valence-electron chi connectivity index (χ4n) is 1.46. The zero-order valence-electron chi connectivity index (χ0n) is 9.37. The Labute approximate surface area is 89.3 Å². The van der Waals surface area contributed by atoms with E-state index < -0.39 is 17.6 Å². The lowest BCUT2D eigenvalue weighted by atomic mass is 9.96. The van der Waals surface area contributed by atoms with Crippen molar-refractivity contribution in [3.8, 4) is 0 Å². The molecule has 0 radical (unpaired) electrons. The molecule has 1 rings (SSSR count). The lowest BCUT2D eigenvalue weighted by Gasteiger charge is -2.24. The highest BCUT2D eigenvalue weighted by atomic mass is 16.5. The first-order chi connectivity index (χ1) is 6.89. The van der Waals surface area contributed by atoms with Crippen molar-refractivity contribution in [2.75, 3.05) is 7.11 Å². The van der Waals surface area contributed by atoms with Crippen molar-refractivity contribution in [1.82, 2.24) is 5.32 Å². The van der Waals surface area contributed by atoms with Gasteiger partial charge in [0.2, 0.25) is 5.91 Å². The number of hydrogen-bond donors (Lipinski definition) is 2. The van der Waals surface area contributed by atoms with Crippen LogP contribution < -0.4 is 11.1 Å². The van der Waals surface area contributed by atoms with Gasteiger partial charge in [-0.15, -0.1) is 0 Å². The molecule has 1 aliphatic rings. The van der Waals surface area contributed by atoms with E-state index in [-0.39, 0.29) is 11.8 Å². The molecule has 0 heterocycles. The first-order valence-electron chi connectivity index (χ1n) is 5.07. The van der Waals surface area contributed by atoms with Gasteiger partial charge < -0.3 is 15.8 Å². The standard InChI is InChI=1S/C10H18N2O3/c1-6(8(13)15-3)12-9(14)10(2,11)7-4-5-7/h6-7H,4-5,11H2,1-3H3,(H,12,14). The third kappa shape index (κ3) is 2.68. The summed E-state index contributed by atoms with van der Waals surface area (Å²) in [6, 6.07) is -0.649. The summed E-state index contributed by atoms with van der Waals surface area (Å²) in [7, 11) is 1.29. The number of carbonyl (C=O) groups is 2. The molecule has 5 heteroatoms. The highest BCUT2D eigenvalue weighted by Gasteiger charge is 2.44. The van der Waals surface area contributed by atoms with E-state index in [2.05, 4.69) is 10.1 Å². The molecule has 1 saturated carbocycles. The largest absolute Gasteiger partial charge is 0.467 e. The van der Waals surface area contributed by atoms with E-state index in [1.165, 1.54) is 7.11 Å². The van der Waals surface area contributed by atoms with Crippen LogP contribution in [0.5, 0.6) is 0 Å². The number of rotatable bonds is 4. The van der Waals surface area contributed by atoms with Crippen LogP contribution in [-0.2, 0) is 14.3 Å². The first-order valence-corrected chi connectivity index (χ1v) is 5.07. The Kier molecular flexibility index (Phi) is 3.34. The van der Waals surface area contributed by atoms with Crippen LogP contribution in [-0.4, -0.2) is 30.6 Å². The van der Waals surface area contributed by atoms with Crippen molar-refractivity contribution in [2.45, 2.75) is 38.3 Å². The number of amides is 1. The second-order valence-electron chi connectivity index (χ2n) is 4.28. The van der Waals surface area contributed by atoms with Gasteiger partial charge in [0.05, 0.1) is 12.6 Å². The molecule has 1 amide bonds. The number of nitrogens with two attached hydrogens (primary N) is 1. The topological polar surface area (TPSA) is 81.4 Å². The van der Waals surface area contributed by atoms with Crippen LogP contribution in [0.2, 0.25) is 0 Å². The van der Waals surface area contributed by atoms with E-state index in [4.69, 9.17) is 5.73 Å². The molecule has 1 aliphatic carbocycles. The van der Waals surface area contributed by atoms with Crippen molar-refractivity contribution < 1.29 is 14.3 Å². The minimum atomic E-state index is -0.873. The van der Waals surface area contributed by atoms with Crippen LogP contribution in [0.15, 0.2) is 0 Å². The highest BCUT2D eigenvalue weighted by molar-refractivity contribution is 5.90. The molecule has 0 aromatic heterocycles. The Morgan fingerprint density at radius 2 is 2.07 bits per heavy atom. The van der Waals surface area contributed by atoms with E-state index >= 15 is 0 Å². The summed E-state index contributed by atoms with van der Waals surface area (Å²) in [4.78, 5) is 22.8. The van der Waals surface area contributed by atoms with Crippen LogP contribution in [0.1, 0.15) is 26.7 Å². The van der Waals surface area contributed by atoms with Crippen molar-refractivity contribution in [1.29, 1.82) is 0 Å². The van der Waals surface area contributed by atoms with Gasteiger partial charge in [-0.05, 0) is 32.6 Å². The van der Waals surface area contributed by atoms with Gasteiger partial charge in [0.1, 0.15) is 6.04 Å². The van der Waals surface area contributed by atoms with Gasteiger partial charge in [0.15, 0.2) is 0 Å². The summed E-state index contributed by atoms with van der Waals surface area (Å²) in [5.41, 5.74) is 5.02. The van der Waals surface area contributed by atoms with Gasteiger partial charge >= 0.3 is 5.97 Å². The lowest BCUT2D eigenvalue weighted by molar-refractivity contribution is -0.145. The second kappa shape index (κ2) is 4.18. The number of hydrogen-bond acceptors (Lipinski definition) is 4. The van der Waals surface area contributed by atoms with Gasteiger partial charge in [-0.25, -0.2) is 4.79 Å². The van der Waals surface area contributed by atoms with Crippen LogP contribution in [0.4, 0.5) is 0 Å². The third-order valence-corrected chi connectivity index (χ3v) is 2.82. The molecular formula is C10H18N2O3. The van der Waals surface area contributed by atoms with Crippen LogP contribution in [0.25, 0.3) is 0 Å². The fraction of sp³-hybridized carbons (Fsp3) is 0.800. The maximum absolute atomic E-state index is 11.7. The Hall–Kier alpha value is -1.10. The average molecular weight is 214 g/mol. The van der Waals surface area contributed by atoms with Crippen molar-refractivity contribution >= 4 is 11.9 Å². The molecule has 0 spiro atoms. The van der Waals surface area contributed by atoms with E-state index in [0.29, 0.717) is 0 Å². The van der Waals surface area contributed by atoms with E-state index in [1.54, 1.807) is 13.8 Å². The molecule has 5 nitrogen and oxygen atoms in total. The lowest BCUT2D eigenvalue weighted by Crippen LogP contribution is -2.56. The molecule has 0 aromatic carbocycles. The number of esters is 1. The monoisotopic (exact) mass is 214 g/mol. The number of methoxy groups -OCH3 is 1. The van der Waals surface area contributed by atoms with Crippen LogP contribution in [0, 0.1) is 5.92 Å². The summed E-state index contributed by atoms with van der Waals surface area (Å²) in [6.07, 6.45) is 1.96. The van der Waals surface area contributed by atoms with E-state index in [9.17, 15) is 9.59 Å². The average Bonchev–Trinajstić information content (AvgIpc) is 2.99. The zero-order valence-corrected chi connectivity index (χ0v) is 9.37. The zero-order chi connectivity index (χ0) is 11.6. The minimum absolute atomic E-state index is 0.238. The quantitative estimate of drug-likeness (QED) is 0.634. The molecule has 0 aliphatic heterocycles. The molecule has 2 atom stereocenters. The maximum atomic E-state index is 11.7. The van der Waals surface area contributed by atoms with E-state index in [1.807, 2.05) is 0 Å². The summed E-state index contributed by atoms with van der Waals surface area (Å²) >= 11 is 0. The van der Waals surface area contributed by atoms with Crippen LogP contribution >= 0.6 is 0 Å². The predicted molar refractivity (Wildman–Crippen MR) is 54.9 cm³/mol. The molecule has 86 valence electrons. The van der Waals surface area contributed by atoms with Gasteiger partial charge in [-0.3, -0.25) is 4.79 Å². The molecular weight excluding hydrogens is 196 g/mol. The first kappa shape index (κ1) is 12.0. The molecule has 0 saturated heterocycles. The van der Waals surface area contributed by atoms with Crippen molar-refractivity contribution in [3.05, 3.63) is 0 Å². The van der Waals surface area contributed by atoms with Crippen molar-refractivity contribution in [2.24, 2.45) is 11.7 Å². The Bertz CT molecular complexity index is 272. The van der Waals surface area contributed by atoms with Crippen LogP contribution in [0.3, 0.4) is 0 Å². The summed E-state index contributed by atoms with van der Waals surface area (Å²) in [6.45, 7) is 3.27. The molecule has 3 N–H and O–H groups in total. The number of ether oxygens (including phenoxy) is 1. The normalized spacial score (nSPS) is 21.3. The fourth-order valence-corrected chi connectivity index (χ4v) is 1.46. The predicted octanol–water partition coefficient (Wildman–Crippen LogP) is -0.208. The molecule has 1 fully saturated rings. The smallest absolute Gasteiger partial charge is 0.328 e. The minimum Gasteiger partial charge on any atom is -0.467 e. The number of carbonyl (C=O) groups excluding carboxylic acids is 2. The Balaban J connectivity index is 2.51. The van der Waals surface area contributed by atoms with Crippen molar-refractivity contribution in [3.63, 3.8) is 0 Å². The molecule has 2 unspecified atom stereocenters. The second-order valence-corrected chi connectivity index (χ2v) is 4.28. The van der Waals surface area contributed by atoms with Gasteiger partial charge in [-0.1, -0.05) is 0 Å². The third-order valence-electron chi connectivity index (χ3n) is 2.82. The highest BCUT2D eigenvalue weighted by Crippen LogP contribution is 2.38. The molecule has 0 aromatic rings. The maximum Gasteiger partial charge on any atom is 0.328 e. The van der Waals surface area contributed by atoms with Gasteiger partial charge in [0.25, 0.3) is 0 Å². The van der Waals surface area contributed by atoms with Gasteiger partial charge in [0, 0.05) is 0 Å². The Morgan fingerprint density at radius 1 is 1.53 bits per heavy atom. The molecule has 15 heavy (non-hydrogen) atoms. The summed E-state index contributed by atoms with van der Waals surface area (Å²) in [5.74, 6) is -0.514. The number of nitrogens with one attached hydrogen (secondary N) is 1. The van der Waals surface area contributed by atoms with E-state index in [0.717, 1.165) is 12.8 Å². The van der Waals surface area contributed by atoms with Gasteiger partial charge in [-0.2, -0.15) is 0 Å². The Morgan fingerprint density at radius 3 is 2.47 bits per heavy atom. The summed E-state index contributed by atoms with van der Waals surface area (Å²) in [5, 5.41) is 2.55. The SMILES string of the molecule is COC(=O)C(C)NC(=O)C(C)(N)C1CC1. The molecule has 0 bridgehead atoms. The summed E-state index contributed by atoms with van der Waals surface area (Å²) < 4.78 is 4.51.